The van der Waals surface area contributed by atoms with E-state index in [0.29, 0.717) is 4.83 Å². The minimum absolute atomic E-state index is 0.156. The predicted molar refractivity (Wildman–Crippen MR) is 68.1 cm³/mol. The van der Waals surface area contributed by atoms with Crippen molar-refractivity contribution in [3.63, 3.8) is 0 Å². The summed E-state index contributed by atoms with van der Waals surface area (Å²) in [5.74, 6) is 0.252. The first-order chi connectivity index (χ1) is 7.91. The molecule has 2 aromatic heterocycles. The van der Waals surface area contributed by atoms with Crippen LogP contribution in [0, 0.1) is 0 Å². The Morgan fingerprint density at radius 2 is 1.88 bits per heavy atom. The molecule has 0 aliphatic carbocycles. The van der Waals surface area contributed by atoms with E-state index in [2.05, 4.69) is 5.10 Å². The third kappa shape index (κ3) is 1.93. The van der Waals surface area contributed by atoms with E-state index in [1.165, 1.54) is 26.5 Å². The molecule has 92 valence electrons. The summed E-state index contributed by atoms with van der Waals surface area (Å²) in [7, 11) is 0. The van der Waals surface area contributed by atoms with E-state index in [9.17, 15) is 9.59 Å². The van der Waals surface area contributed by atoms with Crippen LogP contribution in [0.25, 0.3) is 4.83 Å². The first kappa shape index (κ1) is 12.0. The van der Waals surface area contributed by atoms with Crippen LogP contribution in [0.4, 0.5) is 0 Å². The van der Waals surface area contributed by atoms with Gasteiger partial charge in [0.1, 0.15) is 9.84 Å². The highest BCUT2D eigenvalue weighted by atomic mass is 32.1. The molecule has 0 fully saturated rings. The molecule has 2 heterocycles. The van der Waals surface area contributed by atoms with Crippen molar-refractivity contribution in [1.82, 2.24) is 14.2 Å². The second-order valence-electron chi connectivity index (χ2n) is 4.57. The van der Waals surface area contributed by atoms with Crippen LogP contribution in [-0.4, -0.2) is 14.2 Å². The fourth-order valence-electron chi connectivity index (χ4n) is 1.63. The first-order valence-corrected chi connectivity index (χ1v) is 6.38. The summed E-state index contributed by atoms with van der Waals surface area (Å²) in [6.07, 6.45) is 0. The molecule has 0 amide bonds. The zero-order valence-electron chi connectivity index (χ0n) is 10.3. The van der Waals surface area contributed by atoms with Crippen LogP contribution in [0.15, 0.2) is 15.7 Å². The Bertz CT molecular complexity index is 663. The molecule has 0 radical (unpaired) electrons. The quantitative estimate of drug-likeness (QED) is 0.817. The number of nitrogens with zero attached hydrogens (tertiary/aromatic N) is 3. The molecule has 0 bridgehead atoms. The van der Waals surface area contributed by atoms with Crippen LogP contribution in [0.2, 0.25) is 0 Å². The first-order valence-electron chi connectivity index (χ1n) is 5.57. The van der Waals surface area contributed by atoms with Gasteiger partial charge in [-0.1, -0.05) is 25.2 Å². The summed E-state index contributed by atoms with van der Waals surface area (Å²) >= 11 is 1.39. The van der Waals surface area contributed by atoms with E-state index >= 15 is 0 Å². The van der Waals surface area contributed by atoms with Crippen molar-refractivity contribution in [1.29, 1.82) is 0 Å². The van der Waals surface area contributed by atoms with E-state index in [0.717, 1.165) is 5.01 Å². The number of hydrogen-bond donors (Lipinski definition) is 0. The molecule has 17 heavy (non-hydrogen) atoms. The molecule has 0 unspecified atom stereocenters. The molecule has 0 aliphatic heterocycles. The lowest BCUT2D eigenvalue weighted by atomic mass is 10.2. The predicted octanol–water partition coefficient (Wildman–Crippen LogP) is 1.62. The zero-order chi connectivity index (χ0) is 12.7. The highest BCUT2D eigenvalue weighted by Gasteiger charge is 2.14. The topological polar surface area (TPSA) is 56.4 Å². The van der Waals surface area contributed by atoms with E-state index in [1.807, 2.05) is 27.7 Å². The lowest BCUT2D eigenvalue weighted by molar-refractivity contribution is 0.531. The highest BCUT2D eigenvalue weighted by molar-refractivity contribution is 7.17. The molecule has 0 saturated carbocycles. The van der Waals surface area contributed by atoms with E-state index in [1.54, 1.807) is 0 Å². The van der Waals surface area contributed by atoms with Gasteiger partial charge >= 0.3 is 5.69 Å². The average molecular weight is 253 g/mol. The average Bonchev–Trinajstić information content (AvgIpc) is 2.60. The third-order valence-electron chi connectivity index (χ3n) is 2.50. The van der Waals surface area contributed by atoms with Gasteiger partial charge in [0.2, 0.25) is 0 Å². The van der Waals surface area contributed by atoms with Crippen LogP contribution in [0.5, 0.6) is 0 Å². The summed E-state index contributed by atoms with van der Waals surface area (Å²) < 4.78 is 2.54. The van der Waals surface area contributed by atoms with Gasteiger partial charge in [-0.2, -0.15) is 9.61 Å². The van der Waals surface area contributed by atoms with Crippen LogP contribution >= 0.6 is 11.3 Å². The molecule has 0 aliphatic rings. The maximum atomic E-state index is 12.1. The van der Waals surface area contributed by atoms with Crippen LogP contribution in [0.3, 0.4) is 0 Å². The fraction of sp³-hybridized carbons (Fsp3) is 0.545. The summed E-state index contributed by atoms with van der Waals surface area (Å²) in [5, 5.41) is 5.12. The smallest absolute Gasteiger partial charge is 0.269 e. The fourth-order valence-corrected chi connectivity index (χ4v) is 2.56. The lowest BCUT2D eigenvalue weighted by Crippen LogP contribution is -2.38. The Hall–Kier alpha value is -1.43. The second-order valence-corrected chi connectivity index (χ2v) is 5.61. The van der Waals surface area contributed by atoms with Crippen LogP contribution in [-0.2, 0) is 0 Å². The van der Waals surface area contributed by atoms with Crippen molar-refractivity contribution in [2.24, 2.45) is 0 Å². The van der Waals surface area contributed by atoms with Gasteiger partial charge in [-0.3, -0.25) is 9.36 Å². The van der Waals surface area contributed by atoms with Crippen molar-refractivity contribution >= 4 is 16.2 Å². The summed E-state index contributed by atoms with van der Waals surface area (Å²) in [6.45, 7) is 7.64. The molecule has 0 aromatic carbocycles. The Labute approximate surface area is 102 Å². The maximum Gasteiger partial charge on any atom is 0.353 e. The maximum absolute atomic E-state index is 12.1. The van der Waals surface area contributed by atoms with Crippen molar-refractivity contribution in [3.05, 3.63) is 31.9 Å². The largest absolute Gasteiger partial charge is 0.353 e. The summed E-state index contributed by atoms with van der Waals surface area (Å²) in [4.78, 5) is 24.5. The Morgan fingerprint density at radius 3 is 2.41 bits per heavy atom. The molecular formula is C11H15N3O2S. The van der Waals surface area contributed by atoms with Crippen molar-refractivity contribution in [2.75, 3.05) is 0 Å². The summed E-state index contributed by atoms with van der Waals surface area (Å²) in [5.41, 5.74) is -0.616. The lowest BCUT2D eigenvalue weighted by Gasteiger charge is -2.07. The second kappa shape index (κ2) is 4.10. The van der Waals surface area contributed by atoms with Gasteiger partial charge in [-0.05, 0) is 13.8 Å². The summed E-state index contributed by atoms with van der Waals surface area (Å²) in [6, 6.07) is 1.32. The Balaban J connectivity index is 2.84. The van der Waals surface area contributed by atoms with Crippen LogP contribution in [0.1, 0.15) is 44.7 Å². The van der Waals surface area contributed by atoms with Gasteiger partial charge in [-0.15, -0.1) is 0 Å². The molecule has 6 heteroatoms. The monoisotopic (exact) mass is 253 g/mol. The molecule has 0 atom stereocenters. The standard InChI is InChI=1S/C11H15N3O2S/c1-6(2)10-12-14-9(17-10)5-8(15)13(7(3)4)11(14)16/h5-7H,1-4H3. The molecule has 2 rings (SSSR count). The van der Waals surface area contributed by atoms with Crippen molar-refractivity contribution in [2.45, 2.75) is 39.7 Å². The molecule has 2 aromatic rings. The van der Waals surface area contributed by atoms with Gasteiger partial charge in [0.05, 0.1) is 0 Å². The van der Waals surface area contributed by atoms with E-state index in [-0.39, 0.29) is 23.2 Å². The van der Waals surface area contributed by atoms with E-state index < -0.39 is 0 Å². The molecule has 5 nitrogen and oxygen atoms in total. The van der Waals surface area contributed by atoms with E-state index in [4.69, 9.17) is 0 Å². The molecule has 0 N–H and O–H groups in total. The zero-order valence-corrected chi connectivity index (χ0v) is 11.1. The minimum Gasteiger partial charge on any atom is -0.269 e. The Kier molecular flexibility index (Phi) is 2.91. The third-order valence-corrected chi connectivity index (χ3v) is 3.76. The molecular weight excluding hydrogens is 238 g/mol. The molecule has 0 spiro atoms. The normalized spacial score (nSPS) is 11.9. The number of fused-ring (bicyclic) bond motifs is 1. The number of rotatable bonds is 2. The minimum atomic E-state index is -0.356. The SMILES string of the molecule is CC(C)c1nn2c(=O)n(C(C)C)c(=O)cc2s1. The van der Waals surface area contributed by atoms with Crippen molar-refractivity contribution < 1.29 is 0 Å². The van der Waals surface area contributed by atoms with Gasteiger partial charge in [0, 0.05) is 18.0 Å². The van der Waals surface area contributed by atoms with Gasteiger partial charge in [0.15, 0.2) is 0 Å². The highest BCUT2D eigenvalue weighted by Crippen LogP contribution is 2.20. The van der Waals surface area contributed by atoms with Gasteiger partial charge < -0.3 is 0 Å². The van der Waals surface area contributed by atoms with Gasteiger partial charge in [-0.25, -0.2) is 4.79 Å². The Morgan fingerprint density at radius 1 is 1.24 bits per heavy atom. The number of hydrogen-bond acceptors (Lipinski definition) is 4. The molecule has 0 saturated heterocycles. The van der Waals surface area contributed by atoms with Gasteiger partial charge in [0.25, 0.3) is 5.56 Å². The number of aromatic nitrogens is 3. The van der Waals surface area contributed by atoms with Crippen LogP contribution < -0.4 is 11.2 Å². The van der Waals surface area contributed by atoms with Crippen molar-refractivity contribution in [3.8, 4) is 0 Å².